The van der Waals surface area contributed by atoms with Crippen molar-refractivity contribution in [2.75, 3.05) is 11.1 Å². The molecule has 0 bridgehead atoms. The molecule has 7 heteroatoms. The summed E-state index contributed by atoms with van der Waals surface area (Å²) in [5.74, 6) is -0.245. The molecule has 0 aliphatic carbocycles. The average Bonchev–Trinajstić information content (AvgIpc) is 2.98. The molecule has 1 amide bonds. The number of thiazole rings is 1. The second kappa shape index (κ2) is 4.35. The summed E-state index contributed by atoms with van der Waals surface area (Å²) in [4.78, 5) is 21.5. The molecule has 3 aromatic heterocycles. The number of nitrogen functional groups attached to an aromatic ring is 1. The van der Waals surface area contributed by atoms with Crippen LogP contribution in [-0.2, 0) is 0 Å². The summed E-state index contributed by atoms with van der Waals surface area (Å²) in [6.45, 7) is 0. The minimum absolute atomic E-state index is 0.245. The fraction of sp³-hybridized carbons (Fsp3) is 0. The monoisotopic (exact) mass is 276 g/mol. The van der Waals surface area contributed by atoms with E-state index in [0.717, 1.165) is 10.2 Å². The number of anilines is 2. The van der Waals surface area contributed by atoms with Gasteiger partial charge in [-0.2, -0.15) is 0 Å². The lowest BCUT2D eigenvalue weighted by Crippen LogP contribution is -2.11. The first-order valence-corrected chi connectivity index (χ1v) is 6.79. The number of aromatic nitrogens is 2. The Morgan fingerprint density at radius 2 is 2.22 bits per heavy atom. The molecule has 3 heterocycles. The molecule has 3 rings (SSSR count). The largest absolute Gasteiger partial charge is 0.397 e. The molecule has 0 saturated heterocycles. The van der Waals surface area contributed by atoms with Gasteiger partial charge in [-0.15, -0.1) is 22.7 Å². The van der Waals surface area contributed by atoms with E-state index in [4.69, 9.17) is 5.73 Å². The summed E-state index contributed by atoms with van der Waals surface area (Å²) < 4.78 is 0. The van der Waals surface area contributed by atoms with E-state index in [2.05, 4.69) is 15.3 Å². The summed E-state index contributed by atoms with van der Waals surface area (Å²) in [5.41, 5.74) is 6.43. The van der Waals surface area contributed by atoms with Crippen LogP contribution in [0.1, 0.15) is 9.67 Å². The van der Waals surface area contributed by atoms with Crippen molar-refractivity contribution in [1.29, 1.82) is 0 Å². The second-order valence-electron chi connectivity index (χ2n) is 3.49. The van der Waals surface area contributed by atoms with Crippen LogP contribution in [0.2, 0.25) is 0 Å². The molecule has 0 saturated carbocycles. The summed E-state index contributed by atoms with van der Waals surface area (Å²) in [6, 6.07) is 3.66. The molecular formula is C11H8N4OS2. The smallest absolute Gasteiger partial charge is 0.269 e. The number of hydrogen-bond donors (Lipinski definition) is 2. The Balaban J connectivity index is 1.99. The minimum Gasteiger partial charge on any atom is -0.397 e. The topological polar surface area (TPSA) is 80.9 Å². The molecule has 0 spiro atoms. The number of amides is 1. The number of nitrogens with two attached hydrogens (primary N) is 1. The number of hydrogen-bond acceptors (Lipinski definition) is 6. The van der Waals surface area contributed by atoms with E-state index >= 15 is 0 Å². The van der Waals surface area contributed by atoms with E-state index in [1.165, 1.54) is 22.7 Å². The molecule has 18 heavy (non-hydrogen) atoms. The van der Waals surface area contributed by atoms with Crippen LogP contribution in [0, 0.1) is 0 Å². The standard InChI is InChI=1S/C11H8N4OS2/c12-7-6-2-1-3-13-10(6)18-8(7)9(16)15-11-14-4-5-17-11/h1-5H,12H2,(H,14,15,16). The molecule has 0 aliphatic rings. The zero-order valence-electron chi connectivity index (χ0n) is 9.08. The summed E-state index contributed by atoms with van der Waals surface area (Å²) in [6.07, 6.45) is 3.32. The van der Waals surface area contributed by atoms with Crippen LogP contribution in [0.15, 0.2) is 29.9 Å². The maximum absolute atomic E-state index is 12.1. The van der Waals surface area contributed by atoms with Crippen molar-refractivity contribution in [3.63, 3.8) is 0 Å². The normalized spacial score (nSPS) is 10.7. The van der Waals surface area contributed by atoms with Gasteiger partial charge in [0.1, 0.15) is 9.71 Å². The third kappa shape index (κ3) is 1.83. The van der Waals surface area contributed by atoms with Crippen LogP contribution in [-0.4, -0.2) is 15.9 Å². The van der Waals surface area contributed by atoms with Crippen molar-refractivity contribution in [3.8, 4) is 0 Å². The van der Waals surface area contributed by atoms with E-state index in [9.17, 15) is 4.79 Å². The van der Waals surface area contributed by atoms with Gasteiger partial charge in [-0.25, -0.2) is 9.97 Å². The number of thiophene rings is 1. The van der Waals surface area contributed by atoms with E-state index in [-0.39, 0.29) is 5.91 Å². The highest BCUT2D eigenvalue weighted by molar-refractivity contribution is 7.21. The lowest BCUT2D eigenvalue weighted by Gasteiger charge is -1.99. The van der Waals surface area contributed by atoms with Gasteiger partial charge in [0.2, 0.25) is 0 Å². The fourth-order valence-electron chi connectivity index (χ4n) is 1.56. The maximum Gasteiger partial charge on any atom is 0.269 e. The first-order valence-electron chi connectivity index (χ1n) is 5.09. The molecule has 0 aliphatic heterocycles. The van der Waals surface area contributed by atoms with Crippen molar-refractivity contribution in [2.45, 2.75) is 0 Å². The van der Waals surface area contributed by atoms with Crippen molar-refractivity contribution < 1.29 is 4.79 Å². The Morgan fingerprint density at radius 3 is 2.94 bits per heavy atom. The number of carbonyl (C=O) groups is 1. The number of nitrogens with one attached hydrogen (secondary N) is 1. The molecule has 0 fully saturated rings. The van der Waals surface area contributed by atoms with Gasteiger partial charge in [0.25, 0.3) is 5.91 Å². The highest BCUT2D eigenvalue weighted by atomic mass is 32.1. The molecule has 5 nitrogen and oxygen atoms in total. The van der Waals surface area contributed by atoms with E-state index in [1.54, 1.807) is 23.8 Å². The van der Waals surface area contributed by atoms with Crippen molar-refractivity contribution >= 4 is 49.6 Å². The number of carbonyl (C=O) groups excluding carboxylic acids is 1. The number of pyridine rings is 1. The maximum atomic E-state index is 12.1. The first-order chi connectivity index (χ1) is 8.75. The zero-order chi connectivity index (χ0) is 12.5. The van der Waals surface area contributed by atoms with Gasteiger partial charge in [-0.1, -0.05) is 0 Å². The van der Waals surface area contributed by atoms with E-state index < -0.39 is 0 Å². The first kappa shape index (κ1) is 11.1. The van der Waals surface area contributed by atoms with Gasteiger partial charge in [-0.3, -0.25) is 10.1 Å². The van der Waals surface area contributed by atoms with Crippen LogP contribution in [0.25, 0.3) is 10.2 Å². The highest BCUT2D eigenvalue weighted by Gasteiger charge is 2.17. The second-order valence-corrected chi connectivity index (χ2v) is 5.39. The summed E-state index contributed by atoms with van der Waals surface area (Å²) >= 11 is 2.65. The average molecular weight is 276 g/mol. The van der Waals surface area contributed by atoms with Gasteiger partial charge in [-0.05, 0) is 12.1 Å². The summed E-state index contributed by atoms with van der Waals surface area (Å²) in [5, 5.41) is 5.88. The number of fused-ring (bicyclic) bond motifs is 1. The van der Waals surface area contributed by atoms with Crippen molar-refractivity contribution in [1.82, 2.24) is 9.97 Å². The molecule has 0 radical (unpaired) electrons. The molecule has 3 N–H and O–H groups in total. The van der Waals surface area contributed by atoms with Gasteiger partial charge in [0.15, 0.2) is 5.13 Å². The summed E-state index contributed by atoms with van der Waals surface area (Å²) in [7, 11) is 0. The fourth-order valence-corrected chi connectivity index (χ4v) is 3.04. The van der Waals surface area contributed by atoms with E-state index in [1.807, 2.05) is 6.07 Å². The van der Waals surface area contributed by atoms with E-state index in [0.29, 0.717) is 15.7 Å². The quantitative estimate of drug-likeness (QED) is 0.753. The lowest BCUT2D eigenvalue weighted by molar-refractivity contribution is 0.103. The van der Waals surface area contributed by atoms with Gasteiger partial charge in [0.05, 0.1) is 5.69 Å². The molecular weight excluding hydrogens is 268 g/mol. The number of nitrogens with zero attached hydrogens (tertiary/aromatic N) is 2. The SMILES string of the molecule is Nc1c(C(=O)Nc2nccs2)sc2ncccc12. The molecule has 0 aromatic carbocycles. The third-order valence-electron chi connectivity index (χ3n) is 2.36. The Bertz CT molecular complexity index is 705. The molecule has 0 atom stereocenters. The zero-order valence-corrected chi connectivity index (χ0v) is 10.7. The van der Waals surface area contributed by atoms with Crippen LogP contribution >= 0.6 is 22.7 Å². The van der Waals surface area contributed by atoms with Crippen LogP contribution in [0.4, 0.5) is 10.8 Å². The van der Waals surface area contributed by atoms with Crippen LogP contribution in [0.5, 0.6) is 0 Å². The third-order valence-corrected chi connectivity index (χ3v) is 4.18. The Labute approximate surface area is 110 Å². The van der Waals surface area contributed by atoms with Crippen molar-refractivity contribution in [3.05, 3.63) is 34.8 Å². The predicted octanol–water partition coefficient (Wildman–Crippen LogP) is 2.59. The van der Waals surface area contributed by atoms with Crippen LogP contribution < -0.4 is 11.1 Å². The van der Waals surface area contributed by atoms with Gasteiger partial charge >= 0.3 is 0 Å². The van der Waals surface area contributed by atoms with Crippen LogP contribution in [0.3, 0.4) is 0 Å². The van der Waals surface area contributed by atoms with Gasteiger partial charge < -0.3 is 5.73 Å². The molecule has 3 aromatic rings. The van der Waals surface area contributed by atoms with Crippen molar-refractivity contribution in [2.24, 2.45) is 0 Å². The predicted molar refractivity (Wildman–Crippen MR) is 74.1 cm³/mol. The molecule has 90 valence electrons. The van der Waals surface area contributed by atoms with Gasteiger partial charge in [0, 0.05) is 23.2 Å². The Morgan fingerprint density at radius 1 is 1.33 bits per heavy atom. The highest BCUT2D eigenvalue weighted by Crippen LogP contribution is 2.32. The Hall–Kier alpha value is -1.99. The minimum atomic E-state index is -0.245. The number of rotatable bonds is 2. The molecule has 0 unspecified atom stereocenters. The lowest BCUT2D eigenvalue weighted by atomic mass is 10.2. The Kier molecular flexibility index (Phi) is 2.69.